The van der Waals surface area contributed by atoms with Crippen molar-refractivity contribution in [3.05, 3.63) is 0 Å². The van der Waals surface area contributed by atoms with E-state index in [0.29, 0.717) is 12.1 Å². The third kappa shape index (κ3) is 8.10. The summed E-state index contributed by atoms with van der Waals surface area (Å²) in [6, 6.07) is 0.517. The van der Waals surface area contributed by atoms with Crippen molar-refractivity contribution in [3.8, 4) is 0 Å². The van der Waals surface area contributed by atoms with Crippen LogP contribution in [0.5, 0.6) is 0 Å². The first-order valence-corrected chi connectivity index (χ1v) is 7.81. The first-order chi connectivity index (χ1) is 8.54. The first kappa shape index (κ1) is 17.9. The van der Waals surface area contributed by atoms with Crippen LogP contribution in [-0.2, 0) is 4.74 Å². The highest BCUT2D eigenvalue weighted by atomic mass is 16.5. The van der Waals surface area contributed by atoms with E-state index in [9.17, 15) is 0 Å². The van der Waals surface area contributed by atoms with E-state index in [2.05, 4.69) is 39.9 Å². The maximum Gasteiger partial charge on any atom is 0.0724 e. The Morgan fingerprint density at radius 3 is 2.11 bits per heavy atom. The highest BCUT2D eigenvalue weighted by Gasteiger charge is 2.22. The van der Waals surface area contributed by atoms with Gasteiger partial charge < -0.3 is 10.1 Å². The molecule has 0 radical (unpaired) electrons. The highest BCUT2D eigenvalue weighted by molar-refractivity contribution is 4.79. The Morgan fingerprint density at radius 2 is 1.67 bits per heavy atom. The molecule has 3 atom stereocenters. The standard InChI is InChI=1S/C16H35NO/c1-7-9-16(18-6)15(17-10-8-2)12-14(5)11-13(3)4/h13-17H,7-12H2,1-6H3. The fourth-order valence-electron chi connectivity index (χ4n) is 2.80. The fourth-order valence-corrected chi connectivity index (χ4v) is 2.80. The van der Waals surface area contributed by atoms with Gasteiger partial charge in [0, 0.05) is 13.2 Å². The zero-order valence-electron chi connectivity index (χ0n) is 13.5. The van der Waals surface area contributed by atoms with Crippen LogP contribution in [0.15, 0.2) is 0 Å². The summed E-state index contributed by atoms with van der Waals surface area (Å²) in [4.78, 5) is 0. The van der Waals surface area contributed by atoms with Gasteiger partial charge >= 0.3 is 0 Å². The second-order valence-corrected chi connectivity index (χ2v) is 6.09. The second kappa shape index (κ2) is 10.8. The van der Waals surface area contributed by atoms with Gasteiger partial charge in [-0.25, -0.2) is 0 Å². The maximum absolute atomic E-state index is 5.69. The molecule has 2 nitrogen and oxygen atoms in total. The van der Waals surface area contributed by atoms with Gasteiger partial charge in [0.05, 0.1) is 6.10 Å². The lowest BCUT2D eigenvalue weighted by Crippen LogP contribution is -2.42. The van der Waals surface area contributed by atoms with E-state index >= 15 is 0 Å². The SMILES string of the molecule is CCCNC(CC(C)CC(C)C)C(CCC)OC. The van der Waals surface area contributed by atoms with Crippen molar-refractivity contribution >= 4 is 0 Å². The summed E-state index contributed by atoms with van der Waals surface area (Å²) >= 11 is 0. The van der Waals surface area contributed by atoms with Crippen LogP contribution >= 0.6 is 0 Å². The lowest BCUT2D eigenvalue weighted by molar-refractivity contribution is 0.0523. The fraction of sp³-hybridized carbons (Fsp3) is 1.00. The lowest BCUT2D eigenvalue weighted by Gasteiger charge is -2.29. The van der Waals surface area contributed by atoms with E-state index in [1.807, 2.05) is 7.11 Å². The van der Waals surface area contributed by atoms with Crippen molar-refractivity contribution in [2.24, 2.45) is 11.8 Å². The molecule has 0 aliphatic carbocycles. The predicted molar refractivity (Wildman–Crippen MR) is 81.0 cm³/mol. The molecule has 0 aromatic carbocycles. The topological polar surface area (TPSA) is 21.3 Å². The molecular weight excluding hydrogens is 222 g/mol. The molecule has 0 saturated carbocycles. The van der Waals surface area contributed by atoms with Crippen molar-refractivity contribution in [3.63, 3.8) is 0 Å². The van der Waals surface area contributed by atoms with Crippen LogP contribution in [0, 0.1) is 11.8 Å². The van der Waals surface area contributed by atoms with Crippen molar-refractivity contribution in [1.29, 1.82) is 0 Å². The molecule has 2 heteroatoms. The third-order valence-electron chi connectivity index (χ3n) is 3.51. The number of nitrogens with one attached hydrogen (secondary N) is 1. The average molecular weight is 257 g/mol. The number of methoxy groups -OCH3 is 1. The molecule has 0 amide bonds. The van der Waals surface area contributed by atoms with Crippen LogP contribution in [0.1, 0.15) is 66.7 Å². The molecule has 0 bridgehead atoms. The van der Waals surface area contributed by atoms with E-state index in [4.69, 9.17) is 4.74 Å². The minimum absolute atomic E-state index is 0.371. The van der Waals surface area contributed by atoms with Gasteiger partial charge in [0.1, 0.15) is 0 Å². The Hall–Kier alpha value is -0.0800. The average Bonchev–Trinajstić information content (AvgIpc) is 2.30. The summed E-state index contributed by atoms with van der Waals surface area (Å²) in [5, 5.41) is 3.68. The quantitative estimate of drug-likeness (QED) is 0.598. The summed E-state index contributed by atoms with van der Waals surface area (Å²) < 4.78 is 5.69. The highest BCUT2D eigenvalue weighted by Crippen LogP contribution is 2.20. The van der Waals surface area contributed by atoms with Gasteiger partial charge in [-0.15, -0.1) is 0 Å². The van der Waals surface area contributed by atoms with Gasteiger partial charge in [-0.3, -0.25) is 0 Å². The number of hydrogen-bond acceptors (Lipinski definition) is 2. The van der Waals surface area contributed by atoms with Gasteiger partial charge in [-0.2, -0.15) is 0 Å². The largest absolute Gasteiger partial charge is 0.380 e. The molecule has 0 saturated heterocycles. The Balaban J connectivity index is 4.35. The lowest BCUT2D eigenvalue weighted by atomic mass is 9.89. The van der Waals surface area contributed by atoms with Gasteiger partial charge in [0.15, 0.2) is 0 Å². The maximum atomic E-state index is 5.69. The molecule has 0 fully saturated rings. The van der Waals surface area contributed by atoms with Crippen LogP contribution in [0.3, 0.4) is 0 Å². The first-order valence-electron chi connectivity index (χ1n) is 7.81. The summed E-state index contributed by atoms with van der Waals surface area (Å²) in [7, 11) is 1.86. The van der Waals surface area contributed by atoms with Gasteiger partial charge in [-0.1, -0.05) is 41.0 Å². The Bertz CT molecular complexity index is 182. The molecule has 0 rings (SSSR count). The molecule has 0 aliphatic rings. The van der Waals surface area contributed by atoms with E-state index in [1.54, 1.807) is 0 Å². The summed E-state index contributed by atoms with van der Waals surface area (Å²) in [6.45, 7) is 12.6. The number of hydrogen-bond donors (Lipinski definition) is 1. The van der Waals surface area contributed by atoms with Crippen LogP contribution in [0.25, 0.3) is 0 Å². The van der Waals surface area contributed by atoms with Gasteiger partial charge in [0.2, 0.25) is 0 Å². The van der Waals surface area contributed by atoms with Crippen LogP contribution in [0.2, 0.25) is 0 Å². The van der Waals surface area contributed by atoms with Crippen LogP contribution in [0.4, 0.5) is 0 Å². The normalized spacial score (nSPS) is 16.8. The number of ether oxygens (including phenoxy) is 1. The van der Waals surface area contributed by atoms with Crippen molar-refractivity contribution in [1.82, 2.24) is 5.32 Å². The van der Waals surface area contributed by atoms with Crippen molar-refractivity contribution in [2.75, 3.05) is 13.7 Å². The molecular formula is C16H35NO. The Kier molecular flexibility index (Phi) is 10.8. The zero-order chi connectivity index (χ0) is 14.0. The molecule has 0 aromatic heterocycles. The van der Waals surface area contributed by atoms with E-state index < -0.39 is 0 Å². The van der Waals surface area contributed by atoms with Crippen molar-refractivity contribution in [2.45, 2.75) is 78.9 Å². The Morgan fingerprint density at radius 1 is 1.00 bits per heavy atom. The monoisotopic (exact) mass is 257 g/mol. The molecule has 0 spiro atoms. The molecule has 0 aliphatic heterocycles. The predicted octanol–water partition coefficient (Wildman–Crippen LogP) is 4.24. The molecule has 0 aromatic rings. The summed E-state index contributed by atoms with van der Waals surface area (Å²) in [5.74, 6) is 1.56. The second-order valence-electron chi connectivity index (χ2n) is 6.09. The minimum atomic E-state index is 0.371. The molecule has 0 heterocycles. The Labute approximate surface area is 115 Å². The smallest absolute Gasteiger partial charge is 0.0724 e. The van der Waals surface area contributed by atoms with Crippen LogP contribution in [-0.4, -0.2) is 25.8 Å². The molecule has 1 N–H and O–H groups in total. The molecule has 18 heavy (non-hydrogen) atoms. The van der Waals surface area contributed by atoms with E-state index in [0.717, 1.165) is 24.8 Å². The third-order valence-corrected chi connectivity index (χ3v) is 3.51. The zero-order valence-corrected chi connectivity index (χ0v) is 13.5. The molecule has 3 unspecified atom stereocenters. The van der Waals surface area contributed by atoms with E-state index in [-0.39, 0.29) is 0 Å². The van der Waals surface area contributed by atoms with Gasteiger partial charge in [0.25, 0.3) is 0 Å². The summed E-state index contributed by atoms with van der Waals surface area (Å²) in [6.07, 6.45) is 6.46. The van der Waals surface area contributed by atoms with Gasteiger partial charge in [-0.05, 0) is 44.1 Å². The van der Waals surface area contributed by atoms with E-state index in [1.165, 1.54) is 25.7 Å². The van der Waals surface area contributed by atoms with Crippen LogP contribution < -0.4 is 5.32 Å². The number of rotatable bonds is 11. The summed E-state index contributed by atoms with van der Waals surface area (Å²) in [5.41, 5.74) is 0. The minimum Gasteiger partial charge on any atom is -0.380 e. The van der Waals surface area contributed by atoms with Crippen molar-refractivity contribution < 1.29 is 4.74 Å². The molecule has 110 valence electrons.